The minimum Gasteiger partial charge on any atom is -0.339 e. The van der Waals surface area contributed by atoms with Crippen LogP contribution in [0.3, 0.4) is 0 Å². The van der Waals surface area contributed by atoms with Crippen molar-refractivity contribution in [3.05, 3.63) is 99.2 Å². The molecular weight excluding hydrogens is 569 g/mol. The van der Waals surface area contributed by atoms with Gasteiger partial charge in [-0.05, 0) is 84.8 Å². The molecule has 1 aliphatic rings. The topological polar surface area (TPSA) is 54.7 Å². The summed E-state index contributed by atoms with van der Waals surface area (Å²) in [5.41, 5.74) is 2.77. The van der Waals surface area contributed by atoms with Crippen molar-refractivity contribution < 1.29 is 4.79 Å². The lowest BCUT2D eigenvalue weighted by molar-refractivity contribution is -0.127. The molecule has 8 heteroatoms. The third-order valence-electron chi connectivity index (χ3n) is 5.63. The SMILES string of the molecule is CCN(CC)C(=O)C1=C(C)N=c2s/c(=C/c3cccc(I)c3)c(=O)n2[C@@H]1c1ccc(Cl)cc1. The van der Waals surface area contributed by atoms with Crippen molar-refractivity contribution in [2.75, 3.05) is 13.1 Å². The Labute approximate surface area is 214 Å². The van der Waals surface area contributed by atoms with Gasteiger partial charge in [-0.25, -0.2) is 4.99 Å². The normalized spacial score (nSPS) is 15.9. The van der Waals surface area contributed by atoms with E-state index in [1.807, 2.05) is 63.2 Å². The van der Waals surface area contributed by atoms with Crippen molar-refractivity contribution in [1.29, 1.82) is 0 Å². The second-order valence-corrected chi connectivity index (χ2v) is 10.4. The molecule has 1 atom stereocenters. The average Bonchev–Trinajstić information content (AvgIpc) is 3.08. The number of carbonyl (C=O) groups excluding carboxylic acids is 1. The van der Waals surface area contributed by atoms with Gasteiger partial charge in [0.2, 0.25) is 0 Å². The number of carbonyl (C=O) groups is 1. The Morgan fingerprint density at radius 1 is 1.21 bits per heavy atom. The average molecular weight is 592 g/mol. The number of hydrogen-bond donors (Lipinski definition) is 0. The van der Waals surface area contributed by atoms with Gasteiger partial charge in [0.15, 0.2) is 4.80 Å². The van der Waals surface area contributed by atoms with E-state index in [1.165, 1.54) is 11.3 Å². The summed E-state index contributed by atoms with van der Waals surface area (Å²) in [5.74, 6) is -0.104. The number of nitrogens with zero attached hydrogens (tertiary/aromatic N) is 3. The van der Waals surface area contributed by atoms with Crippen LogP contribution >= 0.6 is 45.5 Å². The standard InChI is InChI=1S/C25H23ClIN3O2S/c1-4-29(5-2)24(32)21-15(3)28-25-30(22(21)17-9-11-18(26)12-10-17)23(31)20(33-25)14-16-7-6-8-19(27)13-16/h6-14,22H,4-5H2,1-3H3/b20-14+/t22-/m1/s1. The van der Waals surface area contributed by atoms with Crippen molar-refractivity contribution in [2.24, 2.45) is 4.99 Å². The molecule has 0 saturated carbocycles. The van der Waals surface area contributed by atoms with E-state index < -0.39 is 6.04 Å². The fourth-order valence-corrected chi connectivity index (χ4v) is 5.72. The third-order valence-corrected chi connectivity index (χ3v) is 7.54. The summed E-state index contributed by atoms with van der Waals surface area (Å²) in [4.78, 5) is 34.2. The van der Waals surface area contributed by atoms with Crippen LogP contribution in [0.15, 0.2) is 69.6 Å². The van der Waals surface area contributed by atoms with Gasteiger partial charge in [-0.1, -0.05) is 47.2 Å². The van der Waals surface area contributed by atoms with E-state index in [1.54, 1.807) is 21.6 Å². The van der Waals surface area contributed by atoms with E-state index in [9.17, 15) is 9.59 Å². The molecule has 0 spiro atoms. The van der Waals surface area contributed by atoms with Gasteiger partial charge in [-0.15, -0.1) is 0 Å². The number of rotatable bonds is 5. The molecule has 170 valence electrons. The van der Waals surface area contributed by atoms with Gasteiger partial charge >= 0.3 is 0 Å². The van der Waals surface area contributed by atoms with Crippen LogP contribution in [0.4, 0.5) is 0 Å². The lowest BCUT2D eigenvalue weighted by Crippen LogP contribution is -2.43. The first-order valence-corrected chi connectivity index (χ1v) is 12.9. The molecule has 2 aromatic carbocycles. The summed E-state index contributed by atoms with van der Waals surface area (Å²) >= 11 is 9.73. The molecule has 1 amide bonds. The van der Waals surface area contributed by atoms with Gasteiger partial charge < -0.3 is 4.90 Å². The predicted molar refractivity (Wildman–Crippen MR) is 142 cm³/mol. The van der Waals surface area contributed by atoms with Gasteiger partial charge in [0.1, 0.15) is 0 Å². The van der Waals surface area contributed by atoms with Crippen molar-refractivity contribution in [3.8, 4) is 0 Å². The van der Waals surface area contributed by atoms with E-state index in [4.69, 9.17) is 16.6 Å². The summed E-state index contributed by atoms with van der Waals surface area (Å²) in [5, 5.41) is 0.599. The first-order valence-electron chi connectivity index (χ1n) is 10.7. The zero-order valence-electron chi connectivity index (χ0n) is 18.5. The molecule has 0 unspecified atom stereocenters. The zero-order chi connectivity index (χ0) is 23.7. The third kappa shape index (κ3) is 4.72. The highest BCUT2D eigenvalue weighted by atomic mass is 127. The predicted octanol–water partition coefficient (Wildman–Crippen LogP) is 4.36. The van der Waals surface area contributed by atoms with E-state index >= 15 is 0 Å². The monoisotopic (exact) mass is 591 g/mol. The Balaban J connectivity index is 1.96. The number of hydrogen-bond acceptors (Lipinski definition) is 4. The van der Waals surface area contributed by atoms with Gasteiger partial charge in [-0.3, -0.25) is 14.2 Å². The maximum Gasteiger partial charge on any atom is 0.271 e. The fourth-order valence-electron chi connectivity index (χ4n) is 3.98. The molecule has 0 N–H and O–H groups in total. The Morgan fingerprint density at radius 3 is 2.55 bits per heavy atom. The van der Waals surface area contributed by atoms with E-state index in [-0.39, 0.29) is 11.5 Å². The first-order chi connectivity index (χ1) is 15.8. The highest BCUT2D eigenvalue weighted by molar-refractivity contribution is 14.1. The molecule has 1 aliphatic heterocycles. The molecule has 0 fully saturated rings. The van der Waals surface area contributed by atoms with Gasteiger partial charge in [-0.2, -0.15) is 0 Å². The highest BCUT2D eigenvalue weighted by Gasteiger charge is 2.34. The quantitative estimate of drug-likeness (QED) is 0.414. The highest BCUT2D eigenvalue weighted by Crippen LogP contribution is 2.31. The molecule has 0 radical (unpaired) electrons. The molecule has 0 bridgehead atoms. The summed E-state index contributed by atoms with van der Waals surface area (Å²) in [6.07, 6.45) is 1.89. The second-order valence-electron chi connectivity index (χ2n) is 7.67. The molecule has 4 rings (SSSR count). The number of thiazole rings is 1. The largest absolute Gasteiger partial charge is 0.339 e. The smallest absolute Gasteiger partial charge is 0.271 e. The van der Waals surface area contributed by atoms with E-state index in [2.05, 4.69) is 22.6 Å². The lowest BCUT2D eigenvalue weighted by atomic mass is 9.94. The van der Waals surface area contributed by atoms with Crippen LogP contribution in [0, 0.1) is 3.57 Å². The summed E-state index contributed by atoms with van der Waals surface area (Å²) < 4.78 is 3.33. The van der Waals surface area contributed by atoms with Gasteiger partial charge in [0.05, 0.1) is 21.8 Å². The van der Waals surface area contributed by atoms with Crippen LogP contribution in [0.25, 0.3) is 6.08 Å². The van der Waals surface area contributed by atoms with Crippen molar-refractivity contribution in [3.63, 3.8) is 0 Å². The number of fused-ring (bicyclic) bond motifs is 1. The summed E-state index contributed by atoms with van der Waals surface area (Å²) in [7, 11) is 0. The Morgan fingerprint density at radius 2 is 1.91 bits per heavy atom. The summed E-state index contributed by atoms with van der Waals surface area (Å²) in [6, 6.07) is 14.7. The van der Waals surface area contributed by atoms with Crippen LogP contribution in [0.2, 0.25) is 5.02 Å². The lowest BCUT2D eigenvalue weighted by Gasteiger charge is -2.29. The number of amides is 1. The minimum atomic E-state index is -0.565. The molecule has 0 aliphatic carbocycles. The molecule has 2 heterocycles. The van der Waals surface area contributed by atoms with Crippen LogP contribution in [-0.4, -0.2) is 28.5 Å². The van der Waals surface area contributed by atoms with E-state index in [0.717, 1.165) is 14.7 Å². The van der Waals surface area contributed by atoms with Crippen LogP contribution in [0.1, 0.15) is 37.9 Å². The van der Waals surface area contributed by atoms with Gasteiger partial charge in [0, 0.05) is 21.7 Å². The van der Waals surface area contributed by atoms with Crippen LogP contribution in [-0.2, 0) is 4.79 Å². The molecule has 0 saturated heterocycles. The molecule has 5 nitrogen and oxygen atoms in total. The van der Waals surface area contributed by atoms with Gasteiger partial charge in [0.25, 0.3) is 11.5 Å². The number of aromatic nitrogens is 1. The van der Waals surface area contributed by atoms with Crippen molar-refractivity contribution in [2.45, 2.75) is 26.8 Å². The number of benzene rings is 2. The van der Waals surface area contributed by atoms with E-state index in [0.29, 0.717) is 38.7 Å². The zero-order valence-corrected chi connectivity index (χ0v) is 22.2. The minimum absolute atomic E-state index is 0.104. The first kappa shape index (κ1) is 23.9. The van der Waals surface area contributed by atoms with Crippen molar-refractivity contribution >= 4 is 57.5 Å². The molecular formula is C25H23ClIN3O2S. The molecule has 3 aromatic rings. The van der Waals surface area contributed by atoms with Crippen molar-refractivity contribution in [1.82, 2.24) is 9.47 Å². The maximum absolute atomic E-state index is 13.6. The Bertz CT molecular complexity index is 1420. The number of halogens is 2. The molecule has 33 heavy (non-hydrogen) atoms. The summed E-state index contributed by atoms with van der Waals surface area (Å²) in [6.45, 7) is 6.90. The second kappa shape index (κ2) is 9.95. The number of allylic oxidation sites excluding steroid dienone is 1. The molecule has 1 aromatic heterocycles. The maximum atomic E-state index is 13.6. The van der Waals surface area contributed by atoms with Crippen LogP contribution in [0.5, 0.6) is 0 Å². The fraction of sp³-hybridized carbons (Fsp3) is 0.240. The Hall–Kier alpha value is -2.23. The Kier molecular flexibility index (Phi) is 7.21. The number of likely N-dealkylation sites (N-methyl/N-ethyl adjacent to an activating group) is 1. The van der Waals surface area contributed by atoms with Crippen LogP contribution < -0.4 is 14.9 Å².